The fourth-order valence-electron chi connectivity index (χ4n) is 1.10. The van der Waals surface area contributed by atoms with Gasteiger partial charge < -0.3 is 0 Å². The largest absolute Gasteiger partial charge is 0.0734 e. The van der Waals surface area contributed by atoms with Gasteiger partial charge in [-0.1, -0.05) is 44.1 Å². The van der Waals surface area contributed by atoms with Gasteiger partial charge in [0.25, 0.3) is 0 Å². The zero-order chi connectivity index (χ0) is 6.69. The lowest BCUT2D eigenvalue weighted by molar-refractivity contribution is 0.895. The van der Waals surface area contributed by atoms with Crippen LogP contribution in [0.3, 0.4) is 0 Å². The molecule has 0 fully saturated rings. The molecule has 0 heteroatoms. The minimum absolute atomic E-state index is 1.23. The maximum atomic E-state index is 2.21. The van der Waals surface area contributed by atoms with Crippen LogP contribution in [0, 0.1) is 5.92 Å². The Hall–Kier alpha value is -0.520. The van der Waals surface area contributed by atoms with Crippen LogP contribution in [0.1, 0.15) is 26.7 Å². The average molecular weight is 121 g/mol. The highest BCUT2D eigenvalue weighted by atomic mass is 14.1. The van der Waals surface area contributed by atoms with Crippen molar-refractivity contribution in [1.29, 1.82) is 0 Å². The first-order valence-electron chi connectivity index (χ1n) is 3.55. The standard InChI is InChI=1S/C9H13/c1-3-5-9-7-4-6-8(9)2/h4,6-7H,3,5H2,1-2H3. The summed E-state index contributed by atoms with van der Waals surface area (Å²) >= 11 is 0. The zero-order valence-electron chi connectivity index (χ0n) is 6.15. The quantitative estimate of drug-likeness (QED) is 0.527. The van der Waals surface area contributed by atoms with E-state index in [4.69, 9.17) is 0 Å². The number of rotatable bonds is 2. The summed E-state index contributed by atoms with van der Waals surface area (Å²) in [7, 11) is 0. The molecule has 0 aromatic rings. The molecule has 0 heterocycles. The number of hydrogen-bond acceptors (Lipinski definition) is 0. The third-order valence-electron chi connectivity index (χ3n) is 1.67. The van der Waals surface area contributed by atoms with E-state index >= 15 is 0 Å². The normalized spacial score (nSPS) is 18.7. The molecule has 0 saturated carbocycles. The predicted molar refractivity (Wildman–Crippen MR) is 41.0 cm³/mol. The van der Waals surface area contributed by atoms with Crippen LogP contribution in [0.5, 0.6) is 0 Å². The summed E-state index contributed by atoms with van der Waals surface area (Å²) in [6.07, 6.45) is 8.99. The molecule has 0 aromatic carbocycles. The van der Waals surface area contributed by atoms with Crippen molar-refractivity contribution in [2.75, 3.05) is 0 Å². The number of hydrogen-bond donors (Lipinski definition) is 0. The van der Waals surface area contributed by atoms with Crippen LogP contribution in [-0.4, -0.2) is 0 Å². The smallest absolute Gasteiger partial charge is 0.0194 e. The van der Waals surface area contributed by atoms with E-state index in [1.807, 2.05) is 0 Å². The van der Waals surface area contributed by atoms with Gasteiger partial charge in [0.2, 0.25) is 0 Å². The first-order valence-corrected chi connectivity index (χ1v) is 3.55. The summed E-state index contributed by atoms with van der Waals surface area (Å²) in [6.45, 7) is 4.39. The zero-order valence-corrected chi connectivity index (χ0v) is 6.15. The monoisotopic (exact) mass is 121 g/mol. The van der Waals surface area contributed by atoms with Crippen molar-refractivity contribution in [1.82, 2.24) is 0 Å². The van der Waals surface area contributed by atoms with E-state index in [0.717, 1.165) is 0 Å². The van der Waals surface area contributed by atoms with Crippen molar-refractivity contribution >= 4 is 0 Å². The highest BCUT2D eigenvalue weighted by Crippen LogP contribution is 2.24. The Morgan fingerprint density at radius 1 is 1.44 bits per heavy atom. The van der Waals surface area contributed by atoms with E-state index < -0.39 is 0 Å². The van der Waals surface area contributed by atoms with Gasteiger partial charge in [-0.25, -0.2) is 0 Å². The molecule has 0 saturated heterocycles. The Bertz CT molecular complexity index is 140. The van der Waals surface area contributed by atoms with E-state index in [-0.39, 0.29) is 0 Å². The topological polar surface area (TPSA) is 0 Å². The van der Waals surface area contributed by atoms with Crippen molar-refractivity contribution < 1.29 is 0 Å². The molecule has 0 unspecified atom stereocenters. The summed E-state index contributed by atoms with van der Waals surface area (Å²) in [6, 6.07) is 0. The molecule has 1 aliphatic rings. The Kier molecular flexibility index (Phi) is 2.10. The van der Waals surface area contributed by atoms with Crippen molar-refractivity contribution in [2.45, 2.75) is 26.7 Å². The minimum atomic E-state index is 1.23. The van der Waals surface area contributed by atoms with E-state index in [1.165, 1.54) is 24.3 Å². The molecule has 0 spiro atoms. The van der Waals surface area contributed by atoms with Crippen LogP contribution >= 0.6 is 0 Å². The van der Waals surface area contributed by atoms with Gasteiger partial charge in [0.15, 0.2) is 0 Å². The van der Waals surface area contributed by atoms with Gasteiger partial charge in [-0.2, -0.15) is 0 Å². The van der Waals surface area contributed by atoms with Crippen molar-refractivity contribution in [3.05, 3.63) is 29.7 Å². The molecule has 1 rings (SSSR count). The Morgan fingerprint density at radius 3 is 2.67 bits per heavy atom. The molecule has 0 N–H and O–H groups in total. The van der Waals surface area contributed by atoms with E-state index in [0.29, 0.717) is 0 Å². The molecule has 0 nitrogen and oxygen atoms in total. The van der Waals surface area contributed by atoms with Gasteiger partial charge in [0, 0.05) is 5.92 Å². The molecule has 0 aliphatic heterocycles. The first kappa shape index (κ1) is 6.60. The highest BCUT2D eigenvalue weighted by molar-refractivity contribution is 5.41. The maximum absolute atomic E-state index is 2.21. The summed E-state index contributed by atoms with van der Waals surface area (Å²) in [4.78, 5) is 0. The highest BCUT2D eigenvalue weighted by Gasteiger charge is 2.07. The van der Waals surface area contributed by atoms with Gasteiger partial charge >= 0.3 is 0 Å². The van der Waals surface area contributed by atoms with E-state index in [1.54, 1.807) is 0 Å². The van der Waals surface area contributed by atoms with Crippen LogP contribution in [0.25, 0.3) is 0 Å². The van der Waals surface area contributed by atoms with E-state index in [2.05, 4.69) is 32.1 Å². The van der Waals surface area contributed by atoms with Crippen LogP contribution in [0.4, 0.5) is 0 Å². The molecule has 0 aromatic heterocycles. The molecule has 0 bridgehead atoms. The summed E-state index contributed by atoms with van der Waals surface area (Å²) in [5.74, 6) is 1.44. The molecule has 0 amide bonds. The van der Waals surface area contributed by atoms with Crippen molar-refractivity contribution in [2.24, 2.45) is 0 Å². The molecule has 49 valence electrons. The Labute approximate surface area is 57.3 Å². The molecular formula is C9H13. The van der Waals surface area contributed by atoms with Crippen LogP contribution < -0.4 is 0 Å². The van der Waals surface area contributed by atoms with Crippen LogP contribution in [-0.2, 0) is 0 Å². The fraction of sp³-hybridized carbons (Fsp3) is 0.444. The van der Waals surface area contributed by atoms with Gasteiger partial charge in [0.1, 0.15) is 0 Å². The fourth-order valence-corrected chi connectivity index (χ4v) is 1.10. The molecule has 9 heavy (non-hydrogen) atoms. The maximum Gasteiger partial charge on any atom is 0.0194 e. The van der Waals surface area contributed by atoms with E-state index in [9.17, 15) is 0 Å². The molecule has 1 radical (unpaired) electrons. The predicted octanol–water partition coefficient (Wildman–Crippen LogP) is 2.88. The second-order valence-corrected chi connectivity index (χ2v) is 2.48. The Balaban J connectivity index is 2.44. The SMILES string of the molecule is CCCC1=CC=C[C]1C. The summed E-state index contributed by atoms with van der Waals surface area (Å²) < 4.78 is 0. The Morgan fingerprint density at radius 2 is 2.22 bits per heavy atom. The third-order valence-corrected chi connectivity index (χ3v) is 1.67. The van der Waals surface area contributed by atoms with Gasteiger partial charge in [-0.05, 0) is 6.42 Å². The summed E-state index contributed by atoms with van der Waals surface area (Å²) in [5.41, 5.74) is 1.51. The summed E-state index contributed by atoms with van der Waals surface area (Å²) in [5, 5.41) is 0. The lowest BCUT2D eigenvalue weighted by Gasteiger charge is -2.03. The lowest BCUT2D eigenvalue weighted by atomic mass is 10.0. The van der Waals surface area contributed by atoms with Gasteiger partial charge in [-0.15, -0.1) is 0 Å². The van der Waals surface area contributed by atoms with Gasteiger partial charge in [-0.3, -0.25) is 0 Å². The molecule has 0 atom stereocenters. The van der Waals surface area contributed by atoms with Crippen LogP contribution in [0.2, 0.25) is 0 Å². The minimum Gasteiger partial charge on any atom is -0.0734 e. The van der Waals surface area contributed by atoms with Crippen molar-refractivity contribution in [3.63, 3.8) is 0 Å². The molecular weight excluding hydrogens is 108 g/mol. The van der Waals surface area contributed by atoms with Crippen molar-refractivity contribution in [3.8, 4) is 0 Å². The van der Waals surface area contributed by atoms with Crippen LogP contribution in [0.15, 0.2) is 23.8 Å². The lowest BCUT2D eigenvalue weighted by Crippen LogP contribution is -1.87. The number of allylic oxidation sites excluding steroid dienone is 4. The first-order chi connectivity index (χ1) is 4.34. The second kappa shape index (κ2) is 2.86. The molecule has 1 aliphatic carbocycles. The van der Waals surface area contributed by atoms with Gasteiger partial charge in [0.05, 0.1) is 0 Å². The average Bonchev–Trinajstić information content (AvgIpc) is 2.18. The third kappa shape index (κ3) is 1.44. The second-order valence-electron chi connectivity index (χ2n) is 2.48.